The average Bonchev–Trinajstić information content (AvgIpc) is 3.11. The second-order valence-corrected chi connectivity index (χ2v) is 6.51. The fourth-order valence-corrected chi connectivity index (χ4v) is 3.94. The van der Waals surface area contributed by atoms with Crippen molar-refractivity contribution in [3.05, 3.63) is 0 Å². The van der Waals surface area contributed by atoms with E-state index in [9.17, 15) is 14.7 Å². The lowest BCUT2D eigenvalue weighted by atomic mass is 9.72. The molecule has 0 radical (unpaired) electrons. The van der Waals surface area contributed by atoms with E-state index >= 15 is 0 Å². The highest BCUT2D eigenvalue weighted by Crippen LogP contribution is 2.48. The number of nitrogens with zero attached hydrogens (tertiary/aromatic N) is 1. The zero-order chi connectivity index (χ0) is 14.2. The van der Waals surface area contributed by atoms with Crippen molar-refractivity contribution in [2.75, 3.05) is 0 Å². The number of aliphatic carboxylic acids is 1. The van der Waals surface area contributed by atoms with E-state index in [2.05, 4.69) is 0 Å². The maximum absolute atomic E-state index is 11.9. The predicted octanol–water partition coefficient (Wildman–Crippen LogP) is 2.67. The van der Waals surface area contributed by atoms with Gasteiger partial charge in [0.1, 0.15) is 5.54 Å². The molecule has 0 aromatic rings. The van der Waals surface area contributed by atoms with Crippen LogP contribution in [0.4, 0.5) is 0 Å². The van der Waals surface area contributed by atoms with Crippen LogP contribution in [0, 0.1) is 11.8 Å². The summed E-state index contributed by atoms with van der Waals surface area (Å²) in [6.07, 6.45) is 5.77. The Hall–Kier alpha value is -1.06. The topological polar surface area (TPSA) is 57.6 Å². The molecular formula is C15H25NO3. The SMILES string of the molecule is CC(=O)N(C(C)C)C1(C(=O)O)CCCC(C2CC2)C1. The molecule has 0 spiro atoms. The summed E-state index contributed by atoms with van der Waals surface area (Å²) in [6, 6.07) is -0.0634. The van der Waals surface area contributed by atoms with Crippen molar-refractivity contribution in [3.8, 4) is 0 Å². The van der Waals surface area contributed by atoms with Gasteiger partial charge in [-0.2, -0.15) is 0 Å². The standard InChI is InChI=1S/C15H25NO3/c1-10(2)16(11(3)17)15(14(18)19)8-4-5-13(9-15)12-6-7-12/h10,12-13H,4-9H2,1-3H3,(H,18,19). The third-order valence-corrected chi connectivity index (χ3v) is 4.77. The summed E-state index contributed by atoms with van der Waals surface area (Å²) < 4.78 is 0. The highest BCUT2D eigenvalue weighted by molar-refractivity contribution is 5.86. The zero-order valence-electron chi connectivity index (χ0n) is 12.2. The number of carboxylic acid groups (broad SMARTS) is 1. The highest BCUT2D eigenvalue weighted by Gasteiger charge is 2.51. The Labute approximate surface area is 115 Å². The molecule has 0 bridgehead atoms. The van der Waals surface area contributed by atoms with Crippen LogP contribution < -0.4 is 0 Å². The van der Waals surface area contributed by atoms with Crippen LogP contribution >= 0.6 is 0 Å². The summed E-state index contributed by atoms with van der Waals surface area (Å²) in [7, 11) is 0. The summed E-state index contributed by atoms with van der Waals surface area (Å²) >= 11 is 0. The van der Waals surface area contributed by atoms with Gasteiger partial charge in [0, 0.05) is 13.0 Å². The van der Waals surface area contributed by atoms with Gasteiger partial charge in [0.15, 0.2) is 0 Å². The quantitative estimate of drug-likeness (QED) is 0.852. The molecule has 0 aliphatic heterocycles. The van der Waals surface area contributed by atoms with E-state index < -0.39 is 11.5 Å². The highest BCUT2D eigenvalue weighted by atomic mass is 16.4. The van der Waals surface area contributed by atoms with Crippen LogP contribution in [0.1, 0.15) is 59.3 Å². The molecule has 1 amide bonds. The maximum atomic E-state index is 11.9. The Kier molecular flexibility index (Phi) is 3.88. The van der Waals surface area contributed by atoms with Crippen molar-refractivity contribution < 1.29 is 14.7 Å². The second kappa shape index (κ2) is 5.14. The predicted molar refractivity (Wildman–Crippen MR) is 72.7 cm³/mol. The van der Waals surface area contributed by atoms with Gasteiger partial charge in [-0.05, 0) is 57.8 Å². The van der Waals surface area contributed by atoms with E-state index in [1.165, 1.54) is 19.8 Å². The summed E-state index contributed by atoms with van der Waals surface area (Å²) in [5.74, 6) is 0.265. The van der Waals surface area contributed by atoms with Crippen LogP contribution in [0.25, 0.3) is 0 Å². The number of hydrogen-bond acceptors (Lipinski definition) is 2. The van der Waals surface area contributed by atoms with E-state index in [0.717, 1.165) is 12.8 Å². The van der Waals surface area contributed by atoms with Gasteiger partial charge in [-0.3, -0.25) is 4.79 Å². The van der Waals surface area contributed by atoms with Crippen LogP contribution in [-0.2, 0) is 9.59 Å². The van der Waals surface area contributed by atoms with Gasteiger partial charge < -0.3 is 10.0 Å². The van der Waals surface area contributed by atoms with Gasteiger partial charge in [-0.1, -0.05) is 6.42 Å². The number of carboxylic acids is 1. The minimum atomic E-state index is -0.967. The normalized spacial score (nSPS) is 31.3. The van der Waals surface area contributed by atoms with Crippen LogP contribution in [-0.4, -0.2) is 33.5 Å². The molecule has 0 aromatic heterocycles. The maximum Gasteiger partial charge on any atom is 0.329 e. The molecule has 2 unspecified atom stereocenters. The van der Waals surface area contributed by atoms with Crippen LogP contribution in [0.15, 0.2) is 0 Å². The van der Waals surface area contributed by atoms with Gasteiger partial charge >= 0.3 is 5.97 Å². The third kappa shape index (κ3) is 2.63. The van der Waals surface area contributed by atoms with Gasteiger partial charge in [0.2, 0.25) is 5.91 Å². The molecule has 2 atom stereocenters. The molecule has 19 heavy (non-hydrogen) atoms. The summed E-state index contributed by atoms with van der Waals surface area (Å²) in [4.78, 5) is 25.5. The fraction of sp³-hybridized carbons (Fsp3) is 0.867. The van der Waals surface area contributed by atoms with Gasteiger partial charge in [0.25, 0.3) is 0 Å². The van der Waals surface area contributed by atoms with Gasteiger partial charge in [-0.15, -0.1) is 0 Å². The van der Waals surface area contributed by atoms with E-state index in [0.29, 0.717) is 24.7 Å². The van der Waals surface area contributed by atoms with Crippen molar-refractivity contribution >= 4 is 11.9 Å². The molecule has 4 nitrogen and oxygen atoms in total. The molecule has 4 heteroatoms. The lowest BCUT2D eigenvalue weighted by molar-refractivity contribution is -0.165. The van der Waals surface area contributed by atoms with Gasteiger partial charge in [-0.25, -0.2) is 4.79 Å². The van der Waals surface area contributed by atoms with Crippen LogP contribution in [0.2, 0.25) is 0 Å². The monoisotopic (exact) mass is 267 g/mol. The largest absolute Gasteiger partial charge is 0.479 e. The van der Waals surface area contributed by atoms with Crippen molar-refractivity contribution in [3.63, 3.8) is 0 Å². The number of hydrogen-bond donors (Lipinski definition) is 1. The van der Waals surface area contributed by atoms with E-state index in [-0.39, 0.29) is 11.9 Å². The number of amides is 1. The number of carbonyl (C=O) groups excluding carboxylic acids is 1. The smallest absolute Gasteiger partial charge is 0.329 e. The Morgan fingerprint density at radius 1 is 1.21 bits per heavy atom. The fourth-order valence-electron chi connectivity index (χ4n) is 3.94. The molecule has 0 aromatic carbocycles. The average molecular weight is 267 g/mol. The molecule has 108 valence electrons. The molecule has 2 rings (SSSR count). The Morgan fingerprint density at radius 2 is 1.84 bits per heavy atom. The van der Waals surface area contributed by atoms with E-state index in [1.54, 1.807) is 4.90 Å². The molecule has 1 N–H and O–H groups in total. The van der Waals surface area contributed by atoms with Crippen molar-refractivity contribution in [2.45, 2.75) is 70.9 Å². The number of rotatable bonds is 4. The molecule has 2 saturated carbocycles. The van der Waals surface area contributed by atoms with Crippen molar-refractivity contribution in [1.82, 2.24) is 4.90 Å². The lowest BCUT2D eigenvalue weighted by Gasteiger charge is -2.47. The summed E-state index contributed by atoms with van der Waals surface area (Å²) in [5, 5.41) is 9.78. The Morgan fingerprint density at radius 3 is 2.26 bits per heavy atom. The molecule has 0 heterocycles. The second-order valence-electron chi connectivity index (χ2n) is 6.51. The van der Waals surface area contributed by atoms with E-state index in [1.807, 2.05) is 13.8 Å². The molecule has 2 aliphatic carbocycles. The Balaban J connectivity index is 2.29. The third-order valence-electron chi connectivity index (χ3n) is 4.77. The molecule has 2 aliphatic rings. The van der Waals surface area contributed by atoms with Gasteiger partial charge in [0.05, 0.1) is 0 Å². The lowest BCUT2D eigenvalue weighted by Crippen LogP contribution is -2.61. The number of carbonyl (C=O) groups is 2. The first kappa shape index (κ1) is 14.4. The molecule has 0 saturated heterocycles. The first-order valence-electron chi connectivity index (χ1n) is 7.42. The van der Waals surface area contributed by atoms with Crippen LogP contribution in [0.5, 0.6) is 0 Å². The minimum Gasteiger partial charge on any atom is -0.479 e. The Bertz CT molecular complexity index is 376. The molecular weight excluding hydrogens is 242 g/mol. The first-order chi connectivity index (χ1) is 8.88. The summed E-state index contributed by atoms with van der Waals surface area (Å²) in [5.41, 5.74) is -0.967. The molecule has 2 fully saturated rings. The first-order valence-corrected chi connectivity index (χ1v) is 7.42. The van der Waals surface area contributed by atoms with Crippen LogP contribution in [0.3, 0.4) is 0 Å². The summed E-state index contributed by atoms with van der Waals surface area (Å²) in [6.45, 7) is 5.31. The van der Waals surface area contributed by atoms with E-state index in [4.69, 9.17) is 0 Å². The minimum absolute atomic E-state index is 0.0634. The zero-order valence-corrected chi connectivity index (χ0v) is 12.2. The van der Waals surface area contributed by atoms with Crippen molar-refractivity contribution in [2.24, 2.45) is 11.8 Å². The van der Waals surface area contributed by atoms with Crippen molar-refractivity contribution in [1.29, 1.82) is 0 Å².